The second-order valence-electron chi connectivity index (χ2n) is 6.94. The van der Waals surface area contributed by atoms with E-state index in [1.807, 2.05) is 23.6 Å². The van der Waals surface area contributed by atoms with Gasteiger partial charge in [0.15, 0.2) is 20.8 Å². The molecule has 1 atom stereocenters. The number of thioether (sulfide) groups is 1. The number of nitrogens with zero attached hydrogens (tertiary/aromatic N) is 3. The lowest BCUT2D eigenvalue weighted by Gasteiger charge is -2.13. The van der Waals surface area contributed by atoms with Gasteiger partial charge in [-0.15, -0.1) is 16.8 Å². The van der Waals surface area contributed by atoms with Crippen LogP contribution in [0.1, 0.15) is 47.9 Å². The average molecular weight is 436 g/mol. The highest BCUT2D eigenvalue weighted by Gasteiger charge is 2.33. The van der Waals surface area contributed by atoms with Crippen LogP contribution in [0.4, 0.5) is 0 Å². The number of benzene rings is 1. The summed E-state index contributed by atoms with van der Waals surface area (Å²) >= 11 is 1.48. The molecule has 0 amide bonds. The van der Waals surface area contributed by atoms with Crippen molar-refractivity contribution in [2.75, 3.05) is 18.1 Å². The van der Waals surface area contributed by atoms with E-state index in [4.69, 9.17) is 4.74 Å². The topological polar surface area (TPSA) is 91.2 Å². The standard InChI is InChI=1S/C20H25N3O4S2/c1-4-9-23-19(16-8-10-29(25,26)13-16)21-22-20(23)28-12-17-11-15(14(3)24)6-7-18(17)27-5-2/h4,6-7,11,16H,1,5,8-10,12-13H2,2-3H3. The van der Waals surface area contributed by atoms with E-state index in [9.17, 15) is 13.2 Å². The summed E-state index contributed by atoms with van der Waals surface area (Å²) in [5.74, 6) is 2.14. The predicted octanol–water partition coefficient (Wildman–Crippen LogP) is 3.26. The van der Waals surface area contributed by atoms with Crippen LogP contribution in [0.15, 0.2) is 36.0 Å². The van der Waals surface area contributed by atoms with Gasteiger partial charge in [0.05, 0.1) is 18.1 Å². The van der Waals surface area contributed by atoms with E-state index in [-0.39, 0.29) is 23.2 Å². The molecule has 0 spiro atoms. The van der Waals surface area contributed by atoms with Crippen LogP contribution in [-0.4, -0.2) is 47.1 Å². The maximum Gasteiger partial charge on any atom is 0.191 e. The third-order valence-corrected chi connectivity index (χ3v) is 7.56. The van der Waals surface area contributed by atoms with Crippen molar-refractivity contribution in [3.8, 4) is 5.75 Å². The fourth-order valence-corrected chi connectivity index (χ4v) is 6.03. The summed E-state index contributed by atoms with van der Waals surface area (Å²) in [6.07, 6.45) is 2.32. The number of hydrogen-bond acceptors (Lipinski definition) is 7. The van der Waals surface area contributed by atoms with Crippen LogP contribution in [0.25, 0.3) is 0 Å². The molecule has 29 heavy (non-hydrogen) atoms. The van der Waals surface area contributed by atoms with Crippen LogP contribution in [-0.2, 0) is 22.1 Å². The largest absolute Gasteiger partial charge is 0.494 e. The van der Waals surface area contributed by atoms with Crippen molar-refractivity contribution in [1.29, 1.82) is 0 Å². The van der Waals surface area contributed by atoms with Crippen LogP contribution in [0.5, 0.6) is 5.75 Å². The first-order valence-electron chi connectivity index (χ1n) is 9.48. The molecule has 0 bridgehead atoms. The quantitative estimate of drug-likeness (QED) is 0.339. The Labute approximate surface area is 175 Å². The van der Waals surface area contributed by atoms with Crippen LogP contribution in [0, 0.1) is 0 Å². The molecule has 0 aliphatic carbocycles. The molecule has 7 nitrogen and oxygen atoms in total. The highest BCUT2D eigenvalue weighted by molar-refractivity contribution is 7.98. The first kappa shape index (κ1) is 21.6. The number of ether oxygens (including phenoxy) is 1. The fraction of sp³-hybridized carbons (Fsp3) is 0.450. The number of aromatic nitrogens is 3. The van der Waals surface area contributed by atoms with Crippen LogP contribution in [0.3, 0.4) is 0 Å². The van der Waals surface area contributed by atoms with E-state index in [1.54, 1.807) is 12.1 Å². The molecule has 0 radical (unpaired) electrons. The van der Waals surface area contributed by atoms with E-state index < -0.39 is 9.84 Å². The Morgan fingerprint density at radius 2 is 2.21 bits per heavy atom. The lowest BCUT2D eigenvalue weighted by atomic mass is 10.1. The van der Waals surface area contributed by atoms with Gasteiger partial charge in [-0.25, -0.2) is 8.42 Å². The number of ketones is 1. The molecular weight excluding hydrogens is 410 g/mol. The molecule has 3 rings (SSSR count). The molecule has 1 aliphatic heterocycles. The zero-order chi connectivity index (χ0) is 21.0. The molecule has 156 valence electrons. The number of carbonyl (C=O) groups is 1. The highest BCUT2D eigenvalue weighted by atomic mass is 32.2. The van der Waals surface area contributed by atoms with Crippen molar-refractivity contribution < 1.29 is 17.9 Å². The molecule has 1 aromatic carbocycles. The van der Waals surface area contributed by atoms with Gasteiger partial charge in [0.25, 0.3) is 0 Å². The van der Waals surface area contributed by atoms with Crippen molar-refractivity contribution in [3.63, 3.8) is 0 Å². The minimum atomic E-state index is -3.01. The van der Waals surface area contributed by atoms with E-state index >= 15 is 0 Å². The van der Waals surface area contributed by atoms with Crippen molar-refractivity contribution in [2.24, 2.45) is 0 Å². The van der Waals surface area contributed by atoms with Gasteiger partial charge in [0.2, 0.25) is 0 Å². The first-order valence-corrected chi connectivity index (χ1v) is 12.3. The van der Waals surface area contributed by atoms with Crippen LogP contribution >= 0.6 is 11.8 Å². The van der Waals surface area contributed by atoms with Crippen LogP contribution in [0.2, 0.25) is 0 Å². The van der Waals surface area contributed by atoms with E-state index in [0.29, 0.717) is 41.9 Å². The molecule has 1 aliphatic rings. The smallest absolute Gasteiger partial charge is 0.191 e. The van der Waals surface area contributed by atoms with Gasteiger partial charge in [-0.1, -0.05) is 17.8 Å². The summed E-state index contributed by atoms with van der Waals surface area (Å²) in [4.78, 5) is 11.7. The van der Waals surface area contributed by atoms with Crippen molar-refractivity contribution in [3.05, 3.63) is 47.8 Å². The maximum atomic E-state index is 11.9. The fourth-order valence-electron chi connectivity index (χ4n) is 3.36. The molecule has 0 saturated carbocycles. The van der Waals surface area contributed by atoms with E-state index in [0.717, 1.165) is 11.3 Å². The van der Waals surface area contributed by atoms with Crippen molar-refractivity contribution >= 4 is 27.4 Å². The predicted molar refractivity (Wildman–Crippen MR) is 113 cm³/mol. The number of Topliss-reactive ketones (excluding diaryl/α,β-unsaturated/α-hetero) is 1. The SMILES string of the molecule is C=CCn1c(SCc2cc(C(C)=O)ccc2OCC)nnc1C1CCS(=O)(=O)C1. The summed E-state index contributed by atoms with van der Waals surface area (Å²) in [6, 6.07) is 5.43. The Kier molecular flexibility index (Phi) is 6.79. The molecule has 1 saturated heterocycles. The minimum absolute atomic E-state index is 0.00106. The molecule has 2 aromatic rings. The highest BCUT2D eigenvalue weighted by Crippen LogP contribution is 2.32. The van der Waals surface area contributed by atoms with Gasteiger partial charge < -0.3 is 9.30 Å². The van der Waals surface area contributed by atoms with E-state index in [1.165, 1.54) is 18.7 Å². The molecular formula is C20H25N3O4S2. The Balaban J connectivity index is 1.85. The zero-order valence-electron chi connectivity index (χ0n) is 16.6. The molecule has 9 heteroatoms. The first-order chi connectivity index (χ1) is 13.8. The van der Waals surface area contributed by atoms with Gasteiger partial charge in [0.1, 0.15) is 11.6 Å². The Morgan fingerprint density at radius 1 is 1.41 bits per heavy atom. The van der Waals surface area contributed by atoms with Gasteiger partial charge in [-0.3, -0.25) is 4.79 Å². The number of sulfone groups is 1. The van der Waals surface area contributed by atoms with Gasteiger partial charge in [-0.05, 0) is 38.5 Å². The van der Waals surface area contributed by atoms with Crippen LogP contribution < -0.4 is 4.74 Å². The minimum Gasteiger partial charge on any atom is -0.494 e. The Hall–Kier alpha value is -2.13. The summed E-state index contributed by atoms with van der Waals surface area (Å²) in [6.45, 7) is 8.29. The summed E-state index contributed by atoms with van der Waals surface area (Å²) in [7, 11) is -3.01. The molecule has 0 N–H and O–H groups in total. The zero-order valence-corrected chi connectivity index (χ0v) is 18.3. The summed E-state index contributed by atoms with van der Waals surface area (Å²) in [5, 5.41) is 9.29. The third kappa shape index (κ3) is 5.08. The average Bonchev–Trinajstić information content (AvgIpc) is 3.24. The number of carbonyl (C=O) groups excluding carboxylic acids is 1. The third-order valence-electron chi connectivity index (χ3n) is 4.78. The van der Waals surface area contributed by atoms with Gasteiger partial charge >= 0.3 is 0 Å². The number of allylic oxidation sites excluding steroid dienone is 1. The lowest BCUT2D eigenvalue weighted by molar-refractivity contribution is 0.101. The number of hydrogen-bond donors (Lipinski definition) is 0. The Bertz CT molecular complexity index is 1010. The van der Waals surface area contributed by atoms with E-state index in [2.05, 4.69) is 16.8 Å². The molecule has 1 fully saturated rings. The van der Waals surface area contributed by atoms with Crippen molar-refractivity contribution in [2.45, 2.75) is 43.6 Å². The Morgan fingerprint density at radius 3 is 2.83 bits per heavy atom. The molecule has 2 heterocycles. The maximum absolute atomic E-state index is 11.9. The second kappa shape index (κ2) is 9.13. The normalized spacial score (nSPS) is 17.9. The molecule has 1 unspecified atom stereocenters. The van der Waals surface area contributed by atoms with Gasteiger partial charge in [-0.2, -0.15) is 0 Å². The summed E-state index contributed by atoms with van der Waals surface area (Å²) < 4.78 is 31.4. The summed E-state index contributed by atoms with van der Waals surface area (Å²) in [5.41, 5.74) is 1.54. The molecule has 1 aromatic heterocycles. The number of rotatable bonds is 9. The van der Waals surface area contributed by atoms with Gasteiger partial charge in [0, 0.05) is 29.3 Å². The van der Waals surface area contributed by atoms with Crippen molar-refractivity contribution in [1.82, 2.24) is 14.8 Å². The monoisotopic (exact) mass is 435 g/mol. The second-order valence-corrected chi connectivity index (χ2v) is 10.1. The lowest BCUT2D eigenvalue weighted by Crippen LogP contribution is -2.11.